The number of hydrogen-bond acceptors (Lipinski definition) is 4. The molecule has 5 heteroatoms. The number of benzene rings is 1. The van der Waals surface area contributed by atoms with Crippen LogP contribution in [0, 0.1) is 19.8 Å². The zero-order chi connectivity index (χ0) is 16.4. The number of aryl methyl sites for hydroxylation is 2. The molecular formula is C18H26N2O3. The molecule has 0 saturated carbocycles. The standard InChI is InChI=1S/C18H26N2O3/c1-13-4-5-17(6-14(13)2)23-12-18(21)20-8-15-7-19(3)16(9-20)11-22-10-15/h4-6,15-16H,7-12H2,1-3H3/t15-,16+/m1/s1. The summed E-state index contributed by atoms with van der Waals surface area (Å²) in [5.74, 6) is 1.21. The summed E-state index contributed by atoms with van der Waals surface area (Å²) in [5.41, 5.74) is 2.41. The highest BCUT2D eigenvalue weighted by Gasteiger charge is 2.33. The molecule has 1 aromatic carbocycles. The van der Waals surface area contributed by atoms with Gasteiger partial charge in [0, 0.05) is 25.6 Å². The normalized spacial score (nSPS) is 25.1. The van der Waals surface area contributed by atoms with Gasteiger partial charge in [0.2, 0.25) is 0 Å². The van der Waals surface area contributed by atoms with E-state index in [4.69, 9.17) is 9.47 Å². The molecule has 2 aliphatic rings. The van der Waals surface area contributed by atoms with E-state index in [-0.39, 0.29) is 18.6 Å². The highest BCUT2D eigenvalue weighted by Crippen LogP contribution is 2.19. The Balaban J connectivity index is 1.60. The summed E-state index contributed by atoms with van der Waals surface area (Å²) in [7, 11) is 2.12. The number of ether oxygens (including phenoxy) is 2. The lowest BCUT2D eigenvalue weighted by Crippen LogP contribution is -2.46. The maximum atomic E-state index is 12.6. The molecule has 1 amide bonds. The molecule has 0 unspecified atom stereocenters. The van der Waals surface area contributed by atoms with Crippen molar-refractivity contribution in [3.8, 4) is 5.75 Å². The quantitative estimate of drug-likeness (QED) is 0.846. The number of fused-ring (bicyclic) bond motifs is 3. The van der Waals surface area contributed by atoms with E-state index in [0.717, 1.165) is 32.0 Å². The van der Waals surface area contributed by atoms with Gasteiger partial charge in [-0.25, -0.2) is 0 Å². The van der Waals surface area contributed by atoms with Crippen molar-refractivity contribution in [3.05, 3.63) is 29.3 Å². The van der Waals surface area contributed by atoms with Gasteiger partial charge in [-0.3, -0.25) is 9.69 Å². The Kier molecular flexibility index (Phi) is 4.87. The van der Waals surface area contributed by atoms with Gasteiger partial charge >= 0.3 is 0 Å². The summed E-state index contributed by atoms with van der Waals surface area (Å²) < 4.78 is 11.4. The molecule has 2 saturated heterocycles. The molecule has 2 heterocycles. The molecule has 0 radical (unpaired) electrons. The first kappa shape index (κ1) is 16.3. The summed E-state index contributed by atoms with van der Waals surface area (Å²) in [6.45, 7) is 8.14. The van der Waals surface area contributed by atoms with E-state index in [1.165, 1.54) is 11.1 Å². The lowest BCUT2D eigenvalue weighted by Gasteiger charge is -2.29. The monoisotopic (exact) mass is 318 g/mol. The highest BCUT2D eigenvalue weighted by molar-refractivity contribution is 5.78. The van der Waals surface area contributed by atoms with Crippen molar-refractivity contribution in [2.24, 2.45) is 5.92 Å². The van der Waals surface area contributed by atoms with Gasteiger partial charge in [0.05, 0.1) is 19.3 Å². The first-order chi connectivity index (χ1) is 11.0. The Bertz CT molecular complexity index is 575. The van der Waals surface area contributed by atoms with E-state index in [2.05, 4.69) is 25.8 Å². The van der Waals surface area contributed by atoms with E-state index >= 15 is 0 Å². The predicted octanol–water partition coefficient (Wildman–Crippen LogP) is 1.47. The van der Waals surface area contributed by atoms with Crippen molar-refractivity contribution in [2.75, 3.05) is 46.5 Å². The van der Waals surface area contributed by atoms with Gasteiger partial charge in [-0.05, 0) is 44.2 Å². The maximum absolute atomic E-state index is 12.6. The maximum Gasteiger partial charge on any atom is 0.260 e. The molecule has 2 fully saturated rings. The highest BCUT2D eigenvalue weighted by atomic mass is 16.5. The minimum Gasteiger partial charge on any atom is -0.484 e. The molecule has 1 aromatic rings. The molecule has 23 heavy (non-hydrogen) atoms. The van der Waals surface area contributed by atoms with Gasteiger partial charge in [-0.2, -0.15) is 0 Å². The van der Waals surface area contributed by atoms with Crippen molar-refractivity contribution in [2.45, 2.75) is 19.9 Å². The number of hydrogen-bond donors (Lipinski definition) is 0. The van der Waals surface area contributed by atoms with Crippen molar-refractivity contribution in [1.29, 1.82) is 0 Å². The third-order valence-electron chi connectivity index (χ3n) is 4.94. The summed E-state index contributed by atoms with van der Waals surface area (Å²) in [4.78, 5) is 16.8. The lowest BCUT2D eigenvalue weighted by molar-refractivity contribution is -0.135. The zero-order valence-electron chi connectivity index (χ0n) is 14.2. The van der Waals surface area contributed by atoms with Crippen LogP contribution in [0.5, 0.6) is 5.75 Å². The number of carbonyl (C=O) groups excluding carboxylic acids is 1. The number of carbonyl (C=O) groups is 1. The molecule has 0 aliphatic carbocycles. The Morgan fingerprint density at radius 2 is 2.04 bits per heavy atom. The molecule has 2 aliphatic heterocycles. The van der Waals surface area contributed by atoms with Crippen LogP contribution in [0.4, 0.5) is 0 Å². The van der Waals surface area contributed by atoms with E-state index in [1.54, 1.807) is 0 Å². The van der Waals surface area contributed by atoms with E-state index < -0.39 is 0 Å². The molecule has 5 nitrogen and oxygen atoms in total. The first-order valence-corrected chi connectivity index (χ1v) is 8.28. The molecule has 126 valence electrons. The van der Waals surface area contributed by atoms with Gasteiger partial charge in [0.15, 0.2) is 6.61 Å². The predicted molar refractivity (Wildman–Crippen MR) is 88.7 cm³/mol. The molecular weight excluding hydrogens is 292 g/mol. The van der Waals surface area contributed by atoms with Crippen molar-refractivity contribution >= 4 is 5.91 Å². The van der Waals surface area contributed by atoms with Crippen LogP contribution in [0.2, 0.25) is 0 Å². The average molecular weight is 318 g/mol. The van der Waals surface area contributed by atoms with Gasteiger partial charge in [0.25, 0.3) is 5.91 Å². The molecule has 3 rings (SSSR count). The van der Waals surface area contributed by atoms with Gasteiger partial charge < -0.3 is 14.4 Å². The lowest BCUT2D eigenvalue weighted by atomic mass is 10.1. The van der Waals surface area contributed by atoms with Crippen molar-refractivity contribution < 1.29 is 14.3 Å². The SMILES string of the molecule is Cc1ccc(OCC(=O)N2C[C@@H]3COC[C@H](C2)N(C)C3)cc1C. The second-order valence-electron chi connectivity index (χ2n) is 6.83. The fraction of sp³-hybridized carbons (Fsp3) is 0.611. The summed E-state index contributed by atoms with van der Waals surface area (Å²) in [5, 5.41) is 0. The third-order valence-corrected chi connectivity index (χ3v) is 4.94. The van der Waals surface area contributed by atoms with Crippen LogP contribution in [-0.4, -0.2) is 68.3 Å². The second kappa shape index (κ2) is 6.89. The number of amides is 1. The Morgan fingerprint density at radius 1 is 1.22 bits per heavy atom. The number of likely N-dealkylation sites (N-methyl/N-ethyl adjacent to an activating group) is 1. The van der Waals surface area contributed by atoms with Gasteiger partial charge in [-0.15, -0.1) is 0 Å². The van der Waals surface area contributed by atoms with Crippen LogP contribution in [-0.2, 0) is 9.53 Å². The van der Waals surface area contributed by atoms with E-state index in [0.29, 0.717) is 12.5 Å². The minimum atomic E-state index is 0.0652. The van der Waals surface area contributed by atoms with Gasteiger partial charge in [-0.1, -0.05) is 6.07 Å². The molecule has 2 atom stereocenters. The summed E-state index contributed by atoms with van der Waals surface area (Å²) in [6, 6.07) is 6.22. The molecule has 2 bridgehead atoms. The number of nitrogens with zero attached hydrogens (tertiary/aromatic N) is 2. The van der Waals surface area contributed by atoms with Crippen molar-refractivity contribution in [3.63, 3.8) is 0 Å². The Hall–Kier alpha value is -1.59. The molecule has 0 aromatic heterocycles. The fourth-order valence-corrected chi connectivity index (χ4v) is 3.29. The fourth-order valence-electron chi connectivity index (χ4n) is 3.29. The van der Waals surface area contributed by atoms with E-state index in [1.807, 2.05) is 23.1 Å². The van der Waals surface area contributed by atoms with Crippen LogP contribution < -0.4 is 4.74 Å². The van der Waals surface area contributed by atoms with E-state index in [9.17, 15) is 4.79 Å². The van der Waals surface area contributed by atoms with Crippen LogP contribution in [0.15, 0.2) is 18.2 Å². The average Bonchev–Trinajstić information content (AvgIpc) is 2.76. The second-order valence-corrected chi connectivity index (χ2v) is 6.83. The topological polar surface area (TPSA) is 42.0 Å². The smallest absolute Gasteiger partial charge is 0.260 e. The molecule has 0 N–H and O–H groups in total. The number of rotatable bonds is 3. The van der Waals surface area contributed by atoms with Crippen molar-refractivity contribution in [1.82, 2.24) is 9.80 Å². The van der Waals surface area contributed by atoms with Crippen LogP contribution >= 0.6 is 0 Å². The Labute approximate surface area is 138 Å². The Morgan fingerprint density at radius 3 is 2.83 bits per heavy atom. The summed E-state index contributed by atoms with van der Waals surface area (Å²) >= 11 is 0. The third kappa shape index (κ3) is 3.85. The summed E-state index contributed by atoms with van der Waals surface area (Å²) in [6.07, 6.45) is 0. The van der Waals surface area contributed by atoms with Crippen LogP contribution in [0.3, 0.4) is 0 Å². The van der Waals surface area contributed by atoms with Gasteiger partial charge in [0.1, 0.15) is 5.75 Å². The molecule has 0 spiro atoms. The zero-order valence-corrected chi connectivity index (χ0v) is 14.2. The largest absolute Gasteiger partial charge is 0.484 e. The minimum absolute atomic E-state index is 0.0652. The first-order valence-electron chi connectivity index (χ1n) is 8.28. The van der Waals surface area contributed by atoms with Crippen LogP contribution in [0.1, 0.15) is 11.1 Å². The van der Waals surface area contributed by atoms with Crippen LogP contribution in [0.25, 0.3) is 0 Å².